The van der Waals surface area contributed by atoms with Crippen molar-refractivity contribution in [3.63, 3.8) is 0 Å². The first-order valence-corrected chi connectivity index (χ1v) is 9.70. The zero-order valence-corrected chi connectivity index (χ0v) is 15.3. The molecule has 4 nitrogen and oxygen atoms in total. The van der Waals surface area contributed by atoms with Crippen LogP contribution in [0.5, 0.6) is 5.75 Å². The predicted octanol–water partition coefficient (Wildman–Crippen LogP) is 4.45. The Labute approximate surface area is 154 Å². The average Bonchev–Trinajstić information content (AvgIpc) is 2.67. The van der Waals surface area contributed by atoms with Gasteiger partial charge < -0.3 is 4.74 Å². The van der Waals surface area contributed by atoms with Gasteiger partial charge in [-0.3, -0.25) is 4.18 Å². The van der Waals surface area contributed by atoms with Crippen LogP contribution in [-0.4, -0.2) is 21.6 Å². The van der Waals surface area contributed by atoms with E-state index in [1.165, 1.54) is 12.1 Å². The fraction of sp³-hybridized carbons (Fsp3) is 0.143. The summed E-state index contributed by atoms with van der Waals surface area (Å²) in [5.41, 5.74) is 3.22. The van der Waals surface area contributed by atoms with E-state index in [-0.39, 0.29) is 18.1 Å². The van der Waals surface area contributed by atoms with E-state index in [1.807, 2.05) is 61.5 Å². The minimum atomic E-state index is -3.75. The fourth-order valence-electron chi connectivity index (χ4n) is 2.45. The Morgan fingerprint density at radius 1 is 0.731 bits per heavy atom. The quantitative estimate of drug-likeness (QED) is 0.457. The van der Waals surface area contributed by atoms with E-state index in [0.29, 0.717) is 5.75 Å². The maximum Gasteiger partial charge on any atom is 0.297 e. The maximum absolute atomic E-state index is 12.1. The molecule has 0 fully saturated rings. The van der Waals surface area contributed by atoms with E-state index in [9.17, 15) is 8.42 Å². The van der Waals surface area contributed by atoms with Gasteiger partial charge in [-0.15, -0.1) is 0 Å². The molecule has 0 saturated carbocycles. The molecule has 0 N–H and O–H groups in total. The minimum Gasteiger partial charge on any atom is -0.491 e. The number of aryl methyl sites for hydroxylation is 1. The first kappa shape index (κ1) is 18.2. The number of hydrogen-bond acceptors (Lipinski definition) is 4. The summed E-state index contributed by atoms with van der Waals surface area (Å²) in [6, 6.07) is 24.2. The standard InChI is InChI=1S/C21H20O4S/c1-17-7-13-21(14-8-17)26(22,23)25-16-15-24-20-11-9-19(10-12-20)18-5-3-2-4-6-18/h2-14H,15-16H2,1H3. The number of benzene rings is 3. The van der Waals surface area contributed by atoms with Crippen LogP contribution < -0.4 is 4.74 Å². The molecule has 3 aromatic rings. The molecule has 0 radical (unpaired) electrons. The molecule has 0 heterocycles. The lowest BCUT2D eigenvalue weighted by atomic mass is 10.1. The Balaban J connectivity index is 1.51. The van der Waals surface area contributed by atoms with E-state index >= 15 is 0 Å². The van der Waals surface area contributed by atoms with Gasteiger partial charge in [0.1, 0.15) is 19.0 Å². The Hall–Kier alpha value is -2.63. The van der Waals surface area contributed by atoms with E-state index in [4.69, 9.17) is 8.92 Å². The second kappa shape index (κ2) is 8.17. The molecule has 0 spiro atoms. The first-order chi connectivity index (χ1) is 12.5. The van der Waals surface area contributed by atoms with E-state index in [2.05, 4.69) is 0 Å². The van der Waals surface area contributed by atoms with Crippen molar-refractivity contribution in [1.29, 1.82) is 0 Å². The zero-order valence-electron chi connectivity index (χ0n) is 14.5. The van der Waals surface area contributed by atoms with Crippen LogP contribution in [0.2, 0.25) is 0 Å². The van der Waals surface area contributed by atoms with Crippen LogP contribution in [0.25, 0.3) is 11.1 Å². The molecule has 0 unspecified atom stereocenters. The van der Waals surface area contributed by atoms with Gasteiger partial charge in [-0.05, 0) is 42.3 Å². The van der Waals surface area contributed by atoms with Crippen molar-refractivity contribution in [1.82, 2.24) is 0 Å². The van der Waals surface area contributed by atoms with Gasteiger partial charge in [0.15, 0.2) is 0 Å². The highest BCUT2D eigenvalue weighted by atomic mass is 32.2. The lowest BCUT2D eigenvalue weighted by Gasteiger charge is -2.09. The SMILES string of the molecule is Cc1ccc(S(=O)(=O)OCCOc2ccc(-c3ccccc3)cc2)cc1. The van der Waals surface area contributed by atoms with Gasteiger partial charge >= 0.3 is 0 Å². The Kier molecular flexibility index (Phi) is 5.71. The summed E-state index contributed by atoms with van der Waals surface area (Å²) in [5, 5.41) is 0. The lowest BCUT2D eigenvalue weighted by molar-refractivity contribution is 0.221. The van der Waals surface area contributed by atoms with Gasteiger partial charge in [-0.2, -0.15) is 8.42 Å². The van der Waals surface area contributed by atoms with Gasteiger partial charge in [-0.25, -0.2) is 0 Å². The first-order valence-electron chi connectivity index (χ1n) is 8.29. The molecule has 0 aromatic heterocycles. The Morgan fingerprint density at radius 2 is 1.35 bits per heavy atom. The summed E-state index contributed by atoms with van der Waals surface area (Å²) in [7, 11) is -3.75. The van der Waals surface area contributed by atoms with Gasteiger partial charge in [0.25, 0.3) is 10.1 Å². The van der Waals surface area contributed by atoms with Gasteiger partial charge in [0.2, 0.25) is 0 Å². The van der Waals surface area contributed by atoms with Crippen LogP contribution in [0, 0.1) is 6.92 Å². The molecule has 0 amide bonds. The fourth-order valence-corrected chi connectivity index (χ4v) is 3.34. The topological polar surface area (TPSA) is 52.6 Å². The molecular weight excluding hydrogens is 348 g/mol. The summed E-state index contributed by atoms with van der Waals surface area (Å²) in [5.74, 6) is 0.668. The largest absolute Gasteiger partial charge is 0.491 e. The summed E-state index contributed by atoms with van der Waals surface area (Å²) in [4.78, 5) is 0.148. The van der Waals surface area contributed by atoms with Crippen molar-refractivity contribution in [3.05, 3.63) is 84.4 Å². The highest BCUT2D eigenvalue weighted by Gasteiger charge is 2.14. The van der Waals surface area contributed by atoms with E-state index < -0.39 is 10.1 Å². The van der Waals surface area contributed by atoms with Crippen molar-refractivity contribution < 1.29 is 17.3 Å². The average molecular weight is 368 g/mol. The summed E-state index contributed by atoms with van der Waals surface area (Å²) in [6.07, 6.45) is 0. The molecule has 3 aromatic carbocycles. The van der Waals surface area contributed by atoms with Crippen molar-refractivity contribution in [2.75, 3.05) is 13.2 Å². The number of rotatable bonds is 7. The highest BCUT2D eigenvalue weighted by Crippen LogP contribution is 2.22. The monoisotopic (exact) mass is 368 g/mol. The normalized spacial score (nSPS) is 11.3. The molecule has 0 aliphatic carbocycles. The van der Waals surface area contributed by atoms with E-state index in [0.717, 1.165) is 16.7 Å². The molecule has 5 heteroatoms. The summed E-state index contributed by atoms with van der Waals surface area (Å²) < 4.78 is 34.7. The molecule has 0 atom stereocenters. The van der Waals surface area contributed by atoms with Crippen molar-refractivity contribution in [2.45, 2.75) is 11.8 Å². The molecule has 3 rings (SSSR count). The van der Waals surface area contributed by atoms with Crippen molar-refractivity contribution in [3.8, 4) is 16.9 Å². The van der Waals surface area contributed by atoms with Crippen molar-refractivity contribution >= 4 is 10.1 Å². The summed E-state index contributed by atoms with van der Waals surface area (Å²) in [6.45, 7) is 2.00. The maximum atomic E-state index is 12.1. The molecule has 134 valence electrons. The van der Waals surface area contributed by atoms with Gasteiger partial charge in [0.05, 0.1) is 4.90 Å². The van der Waals surface area contributed by atoms with Gasteiger partial charge in [-0.1, -0.05) is 60.2 Å². The van der Waals surface area contributed by atoms with E-state index in [1.54, 1.807) is 12.1 Å². The second-order valence-corrected chi connectivity index (χ2v) is 7.44. The third kappa shape index (κ3) is 4.71. The molecule has 0 aliphatic heterocycles. The molecule has 0 bridgehead atoms. The van der Waals surface area contributed by atoms with Crippen LogP contribution >= 0.6 is 0 Å². The Bertz CT molecular complexity index is 932. The number of ether oxygens (including phenoxy) is 1. The van der Waals surface area contributed by atoms with Gasteiger partial charge in [0, 0.05) is 0 Å². The lowest BCUT2D eigenvalue weighted by Crippen LogP contribution is -2.13. The van der Waals surface area contributed by atoms with Crippen LogP contribution in [0.1, 0.15) is 5.56 Å². The smallest absolute Gasteiger partial charge is 0.297 e. The summed E-state index contributed by atoms with van der Waals surface area (Å²) >= 11 is 0. The van der Waals surface area contributed by atoms with Crippen LogP contribution in [0.3, 0.4) is 0 Å². The van der Waals surface area contributed by atoms with Crippen LogP contribution in [0.4, 0.5) is 0 Å². The predicted molar refractivity (Wildman–Crippen MR) is 102 cm³/mol. The highest BCUT2D eigenvalue weighted by molar-refractivity contribution is 7.86. The molecule has 0 saturated heterocycles. The number of hydrogen-bond donors (Lipinski definition) is 0. The molecular formula is C21H20O4S. The third-order valence-electron chi connectivity index (χ3n) is 3.86. The van der Waals surface area contributed by atoms with Crippen LogP contribution in [-0.2, 0) is 14.3 Å². The second-order valence-electron chi connectivity index (χ2n) is 5.83. The van der Waals surface area contributed by atoms with Crippen LogP contribution in [0.15, 0.2) is 83.8 Å². The van der Waals surface area contributed by atoms with Crippen molar-refractivity contribution in [2.24, 2.45) is 0 Å². The third-order valence-corrected chi connectivity index (χ3v) is 5.19. The molecule has 0 aliphatic rings. The Morgan fingerprint density at radius 3 is 2.00 bits per heavy atom. The zero-order chi connectivity index (χ0) is 18.4. The minimum absolute atomic E-state index is 0.0450. The molecule has 26 heavy (non-hydrogen) atoms.